The minimum absolute atomic E-state index is 0. The molecule has 0 aliphatic rings. The number of rotatable bonds is 9. The van der Waals surface area contributed by atoms with E-state index in [1.807, 2.05) is 41.5 Å². The van der Waals surface area contributed by atoms with Crippen LogP contribution in [0.5, 0.6) is 0 Å². The van der Waals surface area contributed by atoms with Crippen LogP contribution in [0.3, 0.4) is 0 Å². The molecule has 1 radical (unpaired) electrons. The minimum Gasteiger partial charge on any atom is -0.512 e. The molecule has 2 aromatic heterocycles. The van der Waals surface area contributed by atoms with Gasteiger partial charge in [0.05, 0.1) is 16.6 Å². The topological polar surface area (TPSA) is 68.0 Å². The van der Waals surface area contributed by atoms with E-state index in [1.54, 1.807) is 6.33 Å². The number of aliphatic hydroxyl groups is 1. The van der Waals surface area contributed by atoms with Crippen LogP contribution in [0, 0.1) is 16.9 Å². The number of nitrogens with zero attached hydrogens (tertiary/aromatic N) is 3. The van der Waals surface area contributed by atoms with Crippen LogP contribution in [0.15, 0.2) is 84.9 Å². The molecule has 4 aromatic carbocycles. The molecular formula is C43H50IrN3O2-. The van der Waals surface area contributed by atoms with Crippen LogP contribution in [0.25, 0.3) is 54.7 Å². The first-order chi connectivity index (χ1) is 22.9. The molecule has 259 valence electrons. The van der Waals surface area contributed by atoms with Gasteiger partial charge in [-0.1, -0.05) is 133 Å². The first kappa shape index (κ1) is 37.9. The van der Waals surface area contributed by atoms with Gasteiger partial charge in [-0.05, 0) is 31.1 Å². The van der Waals surface area contributed by atoms with Crippen molar-refractivity contribution in [2.75, 3.05) is 0 Å². The molecular weight excluding hydrogens is 783 g/mol. The van der Waals surface area contributed by atoms with Gasteiger partial charge in [0.25, 0.3) is 0 Å². The predicted molar refractivity (Wildman–Crippen MR) is 202 cm³/mol. The number of hydrogen-bond donors (Lipinski definition) is 1. The van der Waals surface area contributed by atoms with E-state index in [1.165, 1.54) is 38.7 Å². The summed E-state index contributed by atoms with van der Waals surface area (Å²) in [5, 5.41) is 16.2. The first-order valence-electron chi connectivity index (χ1n) is 17.4. The second-order valence-electron chi connectivity index (χ2n) is 13.9. The zero-order valence-electron chi connectivity index (χ0n) is 30.4. The van der Waals surface area contributed by atoms with Crippen molar-refractivity contribution in [1.82, 2.24) is 14.5 Å². The molecule has 2 heterocycles. The Labute approximate surface area is 305 Å². The summed E-state index contributed by atoms with van der Waals surface area (Å²) >= 11 is 0. The zero-order valence-corrected chi connectivity index (χ0v) is 32.8. The number of carbonyl (C=O) groups excluding carboxylic acids is 1. The predicted octanol–water partition coefficient (Wildman–Crippen LogP) is 11.7. The number of aromatic nitrogens is 3. The normalized spacial score (nSPS) is 12.4. The Hall–Kier alpha value is -3.86. The summed E-state index contributed by atoms with van der Waals surface area (Å²) in [5.41, 5.74) is 5.90. The van der Waals surface area contributed by atoms with E-state index < -0.39 is 0 Å². The maximum atomic E-state index is 12.2. The van der Waals surface area contributed by atoms with Crippen LogP contribution in [-0.2, 0) is 31.9 Å². The summed E-state index contributed by atoms with van der Waals surface area (Å²) < 4.78 is 2.25. The fraction of sp³-hybridized carbons (Fsp3) is 0.372. The maximum absolute atomic E-state index is 12.2. The standard InChI is InChI=1S/C28H22N3.C15H28O2.Ir/c1-17(2)19-14-15-23(22-11-7-6-10-21(19)22)25-28-26(30-16-29-25)24-13-12-18-8-4-5-9-20(18)27(24)31(28)3;1-7-14(5,8-2)12(16)11-13(17)15(6,9-3)10-4;/h4-14,16-17H,1-3H3;11,16H,7-10H2,1-6H3;/q-1;;/b;12-11-;. The number of benzene rings is 4. The monoisotopic (exact) mass is 833 g/mol. The summed E-state index contributed by atoms with van der Waals surface area (Å²) in [6, 6.07) is 27.2. The zero-order chi connectivity index (χ0) is 34.8. The molecule has 1 N–H and O–H groups in total. The van der Waals surface area contributed by atoms with Crippen molar-refractivity contribution in [1.29, 1.82) is 0 Å². The van der Waals surface area contributed by atoms with Gasteiger partial charge in [-0.2, -0.15) is 0 Å². The Balaban J connectivity index is 0.000000260. The molecule has 0 bridgehead atoms. The molecule has 6 aromatic rings. The second kappa shape index (κ2) is 15.4. The number of fused-ring (bicyclic) bond motifs is 6. The Morgan fingerprint density at radius 3 is 2.02 bits per heavy atom. The van der Waals surface area contributed by atoms with Gasteiger partial charge in [0.1, 0.15) is 12.1 Å². The Morgan fingerprint density at radius 1 is 0.816 bits per heavy atom. The Bertz CT molecular complexity index is 2130. The molecule has 0 fully saturated rings. The molecule has 6 heteroatoms. The van der Waals surface area contributed by atoms with Crippen LogP contribution in [0.2, 0.25) is 0 Å². The van der Waals surface area contributed by atoms with Gasteiger partial charge in [0, 0.05) is 60.5 Å². The SMILES string of the molecule is CC(C)c1c[c-]c(-c2ncnc3c4ccc5ccccc5c4n(C)c23)c2ccccc12.CCC(C)(CC)C(=O)/C=C(\O)C(C)(CC)CC.[Ir]. The fourth-order valence-electron chi connectivity index (χ4n) is 6.61. The molecule has 0 atom stereocenters. The third-order valence-corrected chi connectivity index (χ3v) is 11.0. The van der Waals surface area contributed by atoms with Crippen LogP contribution >= 0.6 is 0 Å². The summed E-state index contributed by atoms with van der Waals surface area (Å²) in [6.45, 7) is 16.5. The van der Waals surface area contributed by atoms with Crippen molar-refractivity contribution in [3.05, 3.63) is 96.5 Å². The summed E-state index contributed by atoms with van der Waals surface area (Å²) in [6.07, 6.45) is 6.44. The molecule has 49 heavy (non-hydrogen) atoms. The van der Waals surface area contributed by atoms with Gasteiger partial charge in [-0.15, -0.1) is 23.3 Å². The number of hydrogen-bond acceptors (Lipinski definition) is 4. The summed E-state index contributed by atoms with van der Waals surface area (Å²) in [4.78, 5) is 21.7. The molecule has 6 rings (SSSR count). The molecule has 0 aliphatic heterocycles. The molecule has 5 nitrogen and oxygen atoms in total. The molecule has 0 amide bonds. The van der Waals surface area contributed by atoms with Crippen molar-refractivity contribution in [3.8, 4) is 11.3 Å². The van der Waals surface area contributed by atoms with Crippen LogP contribution in [-0.4, -0.2) is 25.4 Å². The van der Waals surface area contributed by atoms with Crippen LogP contribution < -0.4 is 0 Å². The van der Waals surface area contributed by atoms with E-state index in [0.717, 1.165) is 53.4 Å². The van der Waals surface area contributed by atoms with Gasteiger partial charge in [-0.25, -0.2) is 4.98 Å². The number of carbonyl (C=O) groups is 1. The van der Waals surface area contributed by atoms with Gasteiger partial charge in [0.2, 0.25) is 0 Å². The van der Waals surface area contributed by atoms with Gasteiger partial charge >= 0.3 is 0 Å². The van der Waals surface area contributed by atoms with E-state index in [0.29, 0.717) is 5.92 Å². The van der Waals surface area contributed by atoms with Crippen LogP contribution in [0.4, 0.5) is 0 Å². The van der Waals surface area contributed by atoms with Crippen molar-refractivity contribution >= 4 is 49.3 Å². The molecule has 0 unspecified atom stereocenters. The third kappa shape index (κ3) is 6.96. The minimum atomic E-state index is -0.337. The fourth-order valence-corrected chi connectivity index (χ4v) is 6.61. The van der Waals surface area contributed by atoms with E-state index >= 15 is 0 Å². The van der Waals surface area contributed by atoms with Crippen molar-refractivity contribution < 1.29 is 30.0 Å². The molecule has 0 saturated carbocycles. The Kier molecular flexibility index (Phi) is 11.9. The van der Waals surface area contributed by atoms with Gasteiger partial charge in [-0.3, -0.25) is 9.78 Å². The average molecular weight is 833 g/mol. The third-order valence-electron chi connectivity index (χ3n) is 11.0. The second-order valence-corrected chi connectivity index (χ2v) is 13.9. The first-order valence-corrected chi connectivity index (χ1v) is 17.4. The largest absolute Gasteiger partial charge is 0.512 e. The van der Waals surface area contributed by atoms with Crippen molar-refractivity contribution in [2.45, 2.75) is 87.0 Å². The average Bonchev–Trinajstić information content (AvgIpc) is 3.42. The number of aliphatic hydroxyl groups excluding tert-OH is 1. The van der Waals surface area contributed by atoms with Crippen molar-refractivity contribution in [3.63, 3.8) is 0 Å². The Morgan fingerprint density at radius 2 is 1.41 bits per heavy atom. The van der Waals surface area contributed by atoms with E-state index in [9.17, 15) is 9.90 Å². The molecule has 0 aliphatic carbocycles. The molecule has 0 saturated heterocycles. The summed E-state index contributed by atoms with van der Waals surface area (Å²) in [5.74, 6) is 0.721. The van der Waals surface area contributed by atoms with E-state index in [2.05, 4.69) is 98.3 Å². The van der Waals surface area contributed by atoms with E-state index in [-0.39, 0.29) is 42.5 Å². The number of allylic oxidation sites excluding steroid dienone is 2. The molecule has 0 spiro atoms. The van der Waals surface area contributed by atoms with E-state index in [4.69, 9.17) is 9.97 Å². The van der Waals surface area contributed by atoms with Gasteiger partial charge < -0.3 is 9.67 Å². The van der Waals surface area contributed by atoms with Crippen molar-refractivity contribution in [2.24, 2.45) is 17.9 Å². The van der Waals surface area contributed by atoms with Gasteiger partial charge in [0.15, 0.2) is 5.78 Å². The number of aryl methyl sites for hydroxylation is 1. The summed E-state index contributed by atoms with van der Waals surface area (Å²) in [7, 11) is 2.12. The smallest absolute Gasteiger partial charge is 0.164 e. The quantitative estimate of drug-likeness (QED) is 0.0895. The van der Waals surface area contributed by atoms with Crippen LogP contribution in [0.1, 0.15) is 92.6 Å². The number of ketones is 1. The maximum Gasteiger partial charge on any atom is 0.164 e.